The molecule has 1 aliphatic rings. The molecule has 0 aliphatic carbocycles. The molecule has 0 aromatic heterocycles. The molecule has 0 unspecified atom stereocenters. The van der Waals surface area contributed by atoms with E-state index < -0.39 is 9.84 Å². The molecule has 0 N–H and O–H groups in total. The van der Waals surface area contributed by atoms with Crippen molar-refractivity contribution in [3.63, 3.8) is 0 Å². The largest absolute Gasteiger partial charge is 0.241 e. The summed E-state index contributed by atoms with van der Waals surface area (Å²) in [6.45, 7) is 0. The highest BCUT2D eigenvalue weighted by Crippen LogP contribution is 1.94. The van der Waals surface area contributed by atoms with E-state index in [1.54, 1.807) is 0 Å². The van der Waals surface area contributed by atoms with Crippen LogP contribution in [0.15, 0.2) is 16.6 Å². The summed E-state index contributed by atoms with van der Waals surface area (Å²) in [7, 11) is -3.14. The third kappa shape index (κ3) is 0.866. The van der Waals surface area contributed by atoms with Crippen LogP contribution in [0.4, 0.5) is 0 Å². The number of nitrogens with zero attached hydrogens (tertiary/aromatic N) is 1. The van der Waals surface area contributed by atoms with Crippen molar-refractivity contribution < 1.29 is 8.42 Å². The smallest absolute Gasteiger partial charge is 0.221 e. The molecule has 1 radical (unpaired) electrons. The molecule has 37 valence electrons. The first-order valence-corrected chi connectivity index (χ1v) is 3.13. The van der Waals surface area contributed by atoms with Gasteiger partial charge in [0.2, 0.25) is 9.84 Å². The van der Waals surface area contributed by atoms with Crippen LogP contribution < -0.4 is 0 Å². The Morgan fingerprint density at radius 3 is 2.43 bits per heavy atom. The molecule has 7 heavy (non-hydrogen) atoms. The highest BCUT2D eigenvalue weighted by Gasteiger charge is 2.04. The summed E-state index contributed by atoms with van der Waals surface area (Å²) in [6.07, 6.45) is 1.19. The maximum Gasteiger partial charge on any atom is 0.221 e. The Labute approximate surface area is 41.3 Å². The summed E-state index contributed by atoms with van der Waals surface area (Å²) in [5.41, 5.74) is 1.88. The van der Waals surface area contributed by atoms with Crippen LogP contribution in [0.25, 0.3) is 0 Å². The van der Waals surface area contributed by atoms with E-state index in [-0.39, 0.29) is 0 Å². The summed E-state index contributed by atoms with van der Waals surface area (Å²) in [5.74, 6) is 0. The van der Waals surface area contributed by atoms with Gasteiger partial charge in [0.05, 0.1) is 5.41 Å². The second-order valence-corrected chi connectivity index (χ2v) is 2.60. The molecule has 0 aromatic carbocycles. The van der Waals surface area contributed by atoms with Crippen molar-refractivity contribution in [1.82, 2.24) is 0 Å². The van der Waals surface area contributed by atoms with E-state index in [2.05, 4.69) is 4.99 Å². The van der Waals surface area contributed by atoms with E-state index in [0.29, 0.717) is 0 Å². The number of rotatable bonds is 0. The Morgan fingerprint density at radius 1 is 1.57 bits per heavy atom. The minimum absolute atomic E-state index is 0.993. The lowest BCUT2D eigenvalue weighted by Gasteiger charge is -1.69. The molecule has 0 fully saturated rings. The van der Waals surface area contributed by atoms with Crippen molar-refractivity contribution in [2.24, 2.45) is 4.99 Å². The third-order valence-corrected chi connectivity index (χ3v) is 1.33. The van der Waals surface area contributed by atoms with E-state index >= 15 is 0 Å². The average Bonchev–Trinajstić information content (AvgIpc) is 1.84. The van der Waals surface area contributed by atoms with E-state index in [0.717, 1.165) is 5.41 Å². The molecule has 0 amide bonds. The van der Waals surface area contributed by atoms with Gasteiger partial charge in [-0.2, -0.15) is 0 Å². The Morgan fingerprint density at radius 2 is 2.29 bits per heavy atom. The molecular weight excluding hydrogens is 114 g/mol. The first kappa shape index (κ1) is 4.52. The van der Waals surface area contributed by atoms with Gasteiger partial charge in [-0.05, 0) is 0 Å². The van der Waals surface area contributed by atoms with Crippen LogP contribution in [0.1, 0.15) is 0 Å². The van der Waals surface area contributed by atoms with E-state index in [4.69, 9.17) is 0 Å². The Balaban J connectivity index is 3.25. The highest BCUT2D eigenvalue weighted by molar-refractivity contribution is 8.07. The predicted molar refractivity (Wildman–Crippen MR) is 25.5 cm³/mol. The van der Waals surface area contributed by atoms with E-state index in [9.17, 15) is 8.42 Å². The van der Waals surface area contributed by atoms with Crippen molar-refractivity contribution in [2.75, 3.05) is 0 Å². The number of hydrogen-bond acceptors (Lipinski definition) is 3. The summed E-state index contributed by atoms with van der Waals surface area (Å²) >= 11 is 0. The molecule has 0 saturated carbocycles. The van der Waals surface area contributed by atoms with Gasteiger partial charge in [-0.1, -0.05) is 0 Å². The summed E-state index contributed by atoms with van der Waals surface area (Å²) < 4.78 is 20.3. The topological polar surface area (TPSA) is 46.5 Å². The minimum Gasteiger partial charge on any atom is -0.241 e. The monoisotopic (exact) mass is 116 g/mol. The molecular formula is C3H2NO2S. The molecule has 1 heterocycles. The van der Waals surface area contributed by atoms with Gasteiger partial charge in [0.25, 0.3) is 0 Å². The zero-order valence-corrected chi connectivity index (χ0v) is 4.14. The minimum atomic E-state index is -3.14. The van der Waals surface area contributed by atoms with E-state index in [1.165, 1.54) is 6.20 Å². The maximum absolute atomic E-state index is 10.1. The lowest BCUT2D eigenvalue weighted by molar-refractivity contribution is 0.616. The first-order chi connectivity index (χ1) is 3.21. The molecule has 0 saturated heterocycles. The van der Waals surface area contributed by atoms with Crippen LogP contribution in [0.2, 0.25) is 0 Å². The van der Waals surface area contributed by atoms with Gasteiger partial charge < -0.3 is 0 Å². The van der Waals surface area contributed by atoms with Crippen molar-refractivity contribution in [2.45, 2.75) is 0 Å². The molecule has 0 bridgehead atoms. The zero-order valence-electron chi connectivity index (χ0n) is 3.33. The SMILES string of the molecule is O=S1(=O)[C]=NC=C1. The van der Waals surface area contributed by atoms with Crippen LogP contribution in [0.5, 0.6) is 0 Å². The second-order valence-electron chi connectivity index (χ2n) is 1.05. The standard InChI is InChI=1S/C3H2NO2S/c5-7(6)2-1-4-3-7/h1-2H. The Bertz CT molecular complexity index is 193. The molecule has 1 aliphatic heterocycles. The molecule has 0 aromatic rings. The normalized spacial score (nSPS) is 23.4. The Kier molecular flexibility index (Phi) is 0.751. The fourth-order valence-corrected chi connectivity index (χ4v) is 0.735. The average molecular weight is 116 g/mol. The van der Waals surface area contributed by atoms with Crippen molar-refractivity contribution >= 4 is 15.4 Å². The number of hydrogen-bond donors (Lipinski definition) is 0. The van der Waals surface area contributed by atoms with Crippen LogP contribution in [-0.4, -0.2) is 14.0 Å². The van der Waals surface area contributed by atoms with Crippen molar-refractivity contribution in [3.8, 4) is 0 Å². The summed E-state index contributed by atoms with van der Waals surface area (Å²) in [4.78, 5) is 3.22. The fraction of sp³-hybridized carbons (Fsp3) is 0. The zero-order chi connectivity index (χ0) is 5.33. The lowest BCUT2D eigenvalue weighted by Crippen LogP contribution is -1.88. The Hall–Kier alpha value is -0.640. The fourth-order valence-electron chi connectivity index (χ4n) is 0.245. The van der Waals surface area contributed by atoms with Gasteiger partial charge in [-0.25, -0.2) is 13.4 Å². The number of sulfone groups is 1. The maximum atomic E-state index is 10.1. The second kappa shape index (κ2) is 1.16. The van der Waals surface area contributed by atoms with Gasteiger partial charge in [0.15, 0.2) is 5.55 Å². The summed E-state index contributed by atoms with van der Waals surface area (Å²) in [6, 6.07) is 0. The third-order valence-electron chi connectivity index (χ3n) is 0.494. The number of aliphatic imine (C=N–C) groups is 1. The molecule has 3 nitrogen and oxygen atoms in total. The van der Waals surface area contributed by atoms with Gasteiger partial charge in [-0.3, -0.25) is 0 Å². The van der Waals surface area contributed by atoms with Gasteiger partial charge >= 0.3 is 0 Å². The van der Waals surface area contributed by atoms with Crippen LogP contribution in [-0.2, 0) is 9.84 Å². The van der Waals surface area contributed by atoms with E-state index in [1.807, 2.05) is 5.55 Å². The lowest BCUT2D eigenvalue weighted by atomic mass is 11.1. The first-order valence-electron chi connectivity index (χ1n) is 1.59. The molecule has 0 spiro atoms. The molecule has 1 rings (SSSR count). The van der Waals surface area contributed by atoms with Crippen LogP contribution in [0.3, 0.4) is 0 Å². The summed E-state index contributed by atoms with van der Waals surface area (Å²) in [5, 5.41) is 0.993. The van der Waals surface area contributed by atoms with Gasteiger partial charge in [0.1, 0.15) is 0 Å². The van der Waals surface area contributed by atoms with Crippen molar-refractivity contribution in [1.29, 1.82) is 0 Å². The quantitative estimate of drug-likeness (QED) is 0.439. The van der Waals surface area contributed by atoms with Crippen molar-refractivity contribution in [3.05, 3.63) is 11.6 Å². The molecule has 0 atom stereocenters. The highest BCUT2D eigenvalue weighted by atomic mass is 32.2. The van der Waals surface area contributed by atoms with Crippen LogP contribution in [0, 0.1) is 0 Å². The van der Waals surface area contributed by atoms with Gasteiger partial charge in [-0.15, -0.1) is 0 Å². The van der Waals surface area contributed by atoms with Gasteiger partial charge in [0, 0.05) is 6.20 Å². The predicted octanol–water partition coefficient (Wildman–Crippen LogP) is -0.209. The molecule has 4 heteroatoms. The van der Waals surface area contributed by atoms with Crippen LogP contribution >= 0.6 is 0 Å².